The second-order valence-electron chi connectivity index (χ2n) is 5.37. The van der Waals surface area contributed by atoms with Crippen LogP contribution >= 0.6 is 12.4 Å². The molecule has 0 aliphatic carbocycles. The summed E-state index contributed by atoms with van der Waals surface area (Å²) in [5.41, 5.74) is 2.36. The van der Waals surface area contributed by atoms with Crippen LogP contribution in [0.4, 0.5) is 5.82 Å². The summed E-state index contributed by atoms with van der Waals surface area (Å²) in [6.45, 7) is 2.30. The average molecular weight is 343 g/mol. The minimum absolute atomic E-state index is 0. The molecular weight excluding hydrogens is 324 g/mol. The van der Waals surface area contributed by atoms with E-state index in [9.17, 15) is 4.79 Å². The van der Waals surface area contributed by atoms with Crippen molar-refractivity contribution in [2.24, 2.45) is 7.05 Å². The van der Waals surface area contributed by atoms with Crippen molar-refractivity contribution in [2.45, 2.75) is 13.5 Å². The molecule has 24 heavy (non-hydrogen) atoms. The van der Waals surface area contributed by atoms with E-state index in [4.69, 9.17) is 0 Å². The Morgan fingerprint density at radius 3 is 2.42 bits per heavy atom. The van der Waals surface area contributed by atoms with Crippen LogP contribution < -0.4 is 4.90 Å². The van der Waals surface area contributed by atoms with E-state index in [2.05, 4.69) is 10.1 Å². The summed E-state index contributed by atoms with van der Waals surface area (Å²) < 4.78 is 1.65. The molecule has 2 aromatic heterocycles. The zero-order valence-corrected chi connectivity index (χ0v) is 14.4. The van der Waals surface area contributed by atoms with Gasteiger partial charge in [-0.3, -0.25) is 14.4 Å². The Labute approximate surface area is 147 Å². The largest absolute Gasteiger partial charge is 0.288 e. The Balaban J connectivity index is 0.00000208. The molecule has 0 aliphatic heterocycles. The van der Waals surface area contributed by atoms with Gasteiger partial charge in [0.1, 0.15) is 5.82 Å². The lowest BCUT2D eigenvalue weighted by Crippen LogP contribution is -2.31. The minimum Gasteiger partial charge on any atom is -0.288 e. The van der Waals surface area contributed by atoms with Gasteiger partial charge in [-0.05, 0) is 24.6 Å². The van der Waals surface area contributed by atoms with Crippen molar-refractivity contribution in [3.63, 3.8) is 0 Å². The summed E-state index contributed by atoms with van der Waals surface area (Å²) >= 11 is 0. The molecule has 0 unspecified atom stereocenters. The van der Waals surface area contributed by atoms with Gasteiger partial charge in [0.25, 0.3) is 5.91 Å². The van der Waals surface area contributed by atoms with E-state index in [0.29, 0.717) is 23.6 Å². The molecule has 0 radical (unpaired) electrons. The van der Waals surface area contributed by atoms with Crippen LogP contribution in [0.15, 0.2) is 60.9 Å². The van der Waals surface area contributed by atoms with Crippen molar-refractivity contribution < 1.29 is 4.79 Å². The number of hydrogen-bond acceptors (Lipinski definition) is 3. The Morgan fingerprint density at radius 1 is 1.12 bits per heavy atom. The molecule has 6 heteroatoms. The first-order chi connectivity index (χ1) is 11.1. The predicted molar refractivity (Wildman–Crippen MR) is 96.4 cm³/mol. The number of halogens is 1. The number of rotatable bonds is 4. The van der Waals surface area contributed by atoms with E-state index in [1.165, 1.54) is 0 Å². The maximum absolute atomic E-state index is 13.0. The summed E-state index contributed by atoms with van der Waals surface area (Å²) in [4.78, 5) is 19.0. The molecule has 0 fully saturated rings. The molecule has 1 aromatic carbocycles. The van der Waals surface area contributed by atoms with Gasteiger partial charge in [0, 0.05) is 19.4 Å². The number of pyridine rings is 1. The molecule has 124 valence electrons. The number of aryl methyl sites for hydroxylation is 2. The van der Waals surface area contributed by atoms with Gasteiger partial charge in [0.15, 0.2) is 0 Å². The van der Waals surface area contributed by atoms with Crippen molar-refractivity contribution in [1.29, 1.82) is 0 Å². The van der Waals surface area contributed by atoms with E-state index < -0.39 is 0 Å². The number of hydrogen-bond donors (Lipinski definition) is 0. The summed E-state index contributed by atoms with van der Waals surface area (Å²) in [6, 6.07) is 15.4. The van der Waals surface area contributed by atoms with Crippen molar-refractivity contribution in [3.8, 4) is 0 Å². The lowest BCUT2D eigenvalue weighted by atomic mass is 10.1. The number of carbonyl (C=O) groups excluding carboxylic acids is 1. The molecule has 0 aliphatic rings. The van der Waals surface area contributed by atoms with Gasteiger partial charge in [-0.25, -0.2) is 4.98 Å². The van der Waals surface area contributed by atoms with Gasteiger partial charge < -0.3 is 0 Å². The van der Waals surface area contributed by atoms with Gasteiger partial charge in [-0.1, -0.05) is 36.4 Å². The number of carbonyl (C=O) groups is 1. The van der Waals surface area contributed by atoms with Crippen LogP contribution in [0.25, 0.3) is 0 Å². The highest BCUT2D eigenvalue weighted by molar-refractivity contribution is 6.06. The predicted octanol–water partition coefficient (Wildman–Crippen LogP) is 3.39. The van der Waals surface area contributed by atoms with Crippen LogP contribution in [0, 0.1) is 6.92 Å². The van der Waals surface area contributed by atoms with Gasteiger partial charge in [-0.2, -0.15) is 5.10 Å². The molecule has 2 heterocycles. The highest BCUT2D eigenvalue weighted by atomic mass is 35.5. The van der Waals surface area contributed by atoms with Crippen LogP contribution in [0.5, 0.6) is 0 Å². The number of benzene rings is 1. The van der Waals surface area contributed by atoms with E-state index in [-0.39, 0.29) is 18.3 Å². The first-order valence-corrected chi connectivity index (χ1v) is 7.42. The van der Waals surface area contributed by atoms with Crippen molar-refractivity contribution in [3.05, 3.63) is 77.7 Å². The fourth-order valence-corrected chi connectivity index (χ4v) is 2.49. The number of anilines is 1. The number of amides is 1. The van der Waals surface area contributed by atoms with Crippen LogP contribution in [0.3, 0.4) is 0 Å². The highest BCUT2D eigenvalue weighted by Gasteiger charge is 2.22. The van der Waals surface area contributed by atoms with Gasteiger partial charge >= 0.3 is 0 Å². The van der Waals surface area contributed by atoms with Crippen LogP contribution in [-0.4, -0.2) is 20.7 Å². The molecule has 3 aromatic rings. The van der Waals surface area contributed by atoms with E-state index in [1.807, 2.05) is 62.5 Å². The van der Waals surface area contributed by atoms with E-state index >= 15 is 0 Å². The summed E-state index contributed by atoms with van der Waals surface area (Å²) in [5, 5.41) is 4.26. The van der Waals surface area contributed by atoms with Gasteiger partial charge in [0.05, 0.1) is 17.8 Å². The number of aromatic nitrogens is 3. The quantitative estimate of drug-likeness (QED) is 0.730. The second-order valence-corrected chi connectivity index (χ2v) is 5.37. The summed E-state index contributed by atoms with van der Waals surface area (Å²) in [6.07, 6.45) is 3.44. The topological polar surface area (TPSA) is 51.0 Å². The Kier molecular flexibility index (Phi) is 5.71. The summed E-state index contributed by atoms with van der Waals surface area (Å²) in [7, 11) is 1.81. The Hall–Kier alpha value is -2.66. The molecule has 3 rings (SSSR count). The molecule has 0 saturated heterocycles. The Morgan fingerprint density at radius 2 is 1.83 bits per heavy atom. The minimum atomic E-state index is -0.0989. The van der Waals surface area contributed by atoms with Crippen LogP contribution in [0.1, 0.15) is 21.6 Å². The zero-order chi connectivity index (χ0) is 16.2. The molecule has 0 spiro atoms. The second kappa shape index (κ2) is 7.75. The van der Waals surface area contributed by atoms with Gasteiger partial charge in [-0.15, -0.1) is 12.4 Å². The summed E-state index contributed by atoms with van der Waals surface area (Å²) in [5.74, 6) is 0.530. The maximum Gasteiger partial charge on any atom is 0.263 e. The normalized spacial score (nSPS) is 10.1. The standard InChI is InChI=1S/C18H18N4O.ClH/c1-14-16(13-21(2)20-14)18(23)22(17-10-6-7-11-19-17)12-15-8-4-3-5-9-15;/h3-11,13H,12H2,1-2H3;1H. The van der Waals surface area contributed by atoms with Crippen LogP contribution in [-0.2, 0) is 13.6 Å². The molecule has 5 nitrogen and oxygen atoms in total. The third-order valence-electron chi connectivity index (χ3n) is 3.60. The SMILES string of the molecule is Cc1nn(C)cc1C(=O)N(Cc1ccccc1)c1ccccn1.Cl. The zero-order valence-electron chi connectivity index (χ0n) is 13.6. The molecule has 0 saturated carbocycles. The lowest BCUT2D eigenvalue weighted by Gasteiger charge is -2.21. The number of nitrogens with zero attached hydrogens (tertiary/aromatic N) is 4. The van der Waals surface area contributed by atoms with Crippen molar-refractivity contribution >= 4 is 24.1 Å². The molecule has 0 atom stereocenters. The molecule has 0 bridgehead atoms. The van der Waals surface area contributed by atoms with Gasteiger partial charge in [0.2, 0.25) is 0 Å². The fraction of sp³-hybridized carbons (Fsp3) is 0.167. The smallest absolute Gasteiger partial charge is 0.263 e. The molecule has 0 N–H and O–H groups in total. The maximum atomic E-state index is 13.0. The monoisotopic (exact) mass is 342 g/mol. The van der Waals surface area contributed by atoms with E-state index in [1.54, 1.807) is 22.0 Å². The third-order valence-corrected chi connectivity index (χ3v) is 3.60. The van der Waals surface area contributed by atoms with Crippen molar-refractivity contribution in [2.75, 3.05) is 4.90 Å². The fourth-order valence-electron chi connectivity index (χ4n) is 2.49. The van der Waals surface area contributed by atoms with Crippen molar-refractivity contribution in [1.82, 2.24) is 14.8 Å². The Bertz CT molecular complexity index is 802. The van der Waals surface area contributed by atoms with Crippen LogP contribution in [0.2, 0.25) is 0 Å². The first kappa shape index (κ1) is 17.7. The first-order valence-electron chi connectivity index (χ1n) is 7.42. The van der Waals surface area contributed by atoms with E-state index in [0.717, 1.165) is 5.56 Å². The highest BCUT2D eigenvalue weighted by Crippen LogP contribution is 2.19. The lowest BCUT2D eigenvalue weighted by molar-refractivity contribution is 0.0983. The molecular formula is C18H19ClN4O. The molecule has 1 amide bonds. The average Bonchev–Trinajstić information content (AvgIpc) is 2.92. The third kappa shape index (κ3) is 3.81.